The second-order valence-electron chi connectivity index (χ2n) is 3.54. The summed E-state index contributed by atoms with van der Waals surface area (Å²) < 4.78 is 5.40. The molecule has 1 atom stereocenters. The molecular weight excluding hydrogens is 200 g/mol. The van der Waals surface area contributed by atoms with Crippen molar-refractivity contribution in [3.05, 3.63) is 22.8 Å². The molecule has 0 amide bonds. The average molecular weight is 213 g/mol. The predicted octanol–water partition coefficient (Wildman–Crippen LogP) is 2.21. The third kappa shape index (κ3) is 1.99. The molecule has 1 saturated heterocycles. The van der Waals surface area contributed by atoms with E-state index in [1.807, 2.05) is 6.07 Å². The first-order valence-corrected chi connectivity index (χ1v) is 5.14. The van der Waals surface area contributed by atoms with Crippen molar-refractivity contribution in [3.8, 4) is 0 Å². The summed E-state index contributed by atoms with van der Waals surface area (Å²) in [5, 5.41) is 0.639. The van der Waals surface area contributed by atoms with E-state index >= 15 is 0 Å². The summed E-state index contributed by atoms with van der Waals surface area (Å²) in [6.45, 7) is 1.58. The maximum absolute atomic E-state index is 5.88. The number of nitrogens with zero attached hydrogens (tertiary/aromatic N) is 1. The van der Waals surface area contributed by atoms with Gasteiger partial charge < -0.3 is 10.5 Å². The maximum atomic E-state index is 5.88. The third-order valence-electron chi connectivity index (χ3n) is 2.52. The van der Waals surface area contributed by atoms with Crippen LogP contribution in [0.15, 0.2) is 12.3 Å². The molecule has 2 heterocycles. The van der Waals surface area contributed by atoms with Crippen LogP contribution in [0.3, 0.4) is 0 Å². The molecule has 14 heavy (non-hydrogen) atoms. The molecular formula is C10H13ClN2O. The summed E-state index contributed by atoms with van der Waals surface area (Å²) >= 11 is 5.88. The molecule has 3 nitrogen and oxygen atoms in total. The molecule has 1 aromatic heterocycles. The van der Waals surface area contributed by atoms with Crippen LogP contribution < -0.4 is 5.73 Å². The number of rotatable bonds is 1. The number of pyridine rings is 1. The number of nitrogen functional groups attached to an aromatic ring is 1. The summed E-state index contributed by atoms with van der Waals surface area (Å²) in [6.07, 6.45) is 3.76. The first-order valence-electron chi connectivity index (χ1n) is 4.76. The molecule has 0 radical (unpaired) electrons. The molecule has 1 aromatic rings. The van der Waals surface area contributed by atoms with E-state index in [1.54, 1.807) is 6.20 Å². The summed E-state index contributed by atoms with van der Waals surface area (Å²) in [5.41, 5.74) is 6.82. The van der Waals surface area contributed by atoms with Crippen LogP contribution in [0.2, 0.25) is 5.02 Å². The highest BCUT2D eigenvalue weighted by molar-refractivity contribution is 6.30. The van der Waals surface area contributed by atoms with Crippen LogP contribution in [0.4, 0.5) is 5.82 Å². The summed E-state index contributed by atoms with van der Waals surface area (Å²) in [6, 6.07) is 1.89. The standard InChI is InChI=1S/C10H13ClN2O/c11-8-4-9(10(12)13-5-8)7-2-1-3-14-6-7/h4-5,7H,1-3,6H2,(H2,12,13). The zero-order valence-corrected chi connectivity index (χ0v) is 8.63. The van der Waals surface area contributed by atoms with E-state index in [-0.39, 0.29) is 0 Å². The van der Waals surface area contributed by atoms with E-state index in [0.717, 1.165) is 31.6 Å². The summed E-state index contributed by atoms with van der Waals surface area (Å²) in [7, 11) is 0. The second kappa shape index (κ2) is 4.15. The normalized spacial score (nSPS) is 22.2. The highest BCUT2D eigenvalue weighted by Gasteiger charge is 2.19. The van der Waals surface area contributed by atoms with Crippen molar-refractivity contribution in [2.75, 3.05) is 18.9 Å². The molecule has 4 heteroatoms. The van der Waals surface area contributed by atoms with Crippen LogP contribution in [0, 0.1) is 0 Å². The van der Waals surface area contributed by atoms with Crippen LogP contribution >= 0.6 is 11.6 Å². The molecule has 0 aromatic carbocycles. The molecule has 2 rings (SSSR count). The lowest BCUT2D eigenvalue weighted by atomic mass is 9.94. The van der Waals surface area contributed by atoms with Crippen LogP contribution in [-0.4, -0.2) is 18.2 Å². The number of nitrogens with two attached hydrogens (primary N) is 1. The molecule has 0 spiro atoms. The number of hydrogen-bond donors (Lipinski definition) is 1. The Morgan fingerprint density at radius 2 is 2.43 bits per heavy atom. The van der Waals surface area contributed by atoms with Gasteiger partial charge in [0.15, 0.2) is 0 Å². The van der Waals surface area contributed by atoms with Gasteiger partial charge in [0.25, 0.3) is 0 Å². The Labute approximate surface area is 88.2 Å². The number of hydrogen-bond acceptors (Lipinski definition) is 3. The number of halogens is 1. The van der Waals surface area contributed by atoms with Crippen LogP contribution in [0.5, 0.6) is 0 Å². The quantitative estimate of drug-likeness (QED) is 0.777. The Balaban J connectivity index is 2.24. The van der Waals surface area contributed by atoms with Gasteiger partial charge >= 0.3 is 0 Å². The van der Waals surface area contributed by atoms with Crippen molar-refractivity contribution in [1.29, 1.82) is 0 Å². The van der Waals surface area contributed by atoms with Crippen molar-refractivity contribution < 1.29 is 4.74 Å². The zero-order valence-electron chi connectivity index (χ0n) is 7.87. The topological polar surface area (TPSA) is 48.1 Å². The molecule has 1 fully saturated rings. The minimum atomic E-state index is 0.356. The van der Waals surface area contributed by atoms with Gasteiger partial charge in [0.2, 0.25) is 0 Å². The minimum absolute atomic E-state index is 0.356. The van der Waals surface area contributed by atoms with E-state index < -0.39 is 0 Å². The van der Waals surface area contributed by atoms with E-state index in [1.165, 1.54) is 0 Å². The van der Waals surface area contributed by atoms with Gasteiger partial charge in [0.1, 0.15) is 5.82 Å². The number of aromatic nitrogens is 1. The van der Waals surface area contributed by atoms with Gasteiger partial charge in [-0.2, -0.15) is 0 Å². The fraction of sp³-hybridized carbons (Fsp3) is 0.500. The van der Waals surface area contributed by atoms with Crippen LogP contribution in [-0.2, 0) is 4.74 Å². The lowest BCUT2D eigenvalue weighted by Gasteiger charge is -2.23. The van der Waals surface area contributed by atoms with Crippen molar-refractivity contribution in [2.45, 2.75) is 18.8 Å². The minimum Gasteiger partial charge on any atom is -0.383 e. The highest BCUT2D eigenvalue weighted by atomic mass is 35.5. The van der Waals surface area contributed by atoms with Gasteiger partial charge in [0.05, 0.1) is 11.6 Å². The Morgan fingerprint density at radius 3 is 3.14 bits per heavy atom. The zero-order chi connectivity index (χ0) is 9.97. The first kappa shape index (κ1) is 9.74. The summed E-state index contributed by atoms with van der Waals surface area (Å²) in [4.78, 5) is 4.04. The fourth-order valence-electron chi connectivity index (χ4n) is 1.78. The molecule has 1 aliphatic rings. The Morgan fingerprint density at radius 1 is 1.57 bits per heavy atom. The molecule has 1 aliphatic heterocycles. The Bertz CT molecular complexity index is 324. The van der Waals surface area contributed by atoms with Gasteiger partial charge in [0, 0.05) is 24.3 Å². The fourth-order valence-corrected chi connectivity index (χ4v) is 1.94. The summed E-state index contributed by atoms with van der Waals surface area (Å²) in [5.74, 6) is 0.930. The Hall–Kier alpha value is -0.800. The largest absolute Gasteiger partial charge is 0.383 e. The molecule has 0 aliphatic carbocycles. The molecule has 76 valence electrons. The smallest absolute Gasteiger partial charge is 0.126 e. The van der Waals surface area contributed by atoms with Gasteiger partial charge in [-0.15, -0.1) is 0 Å². The van der Waals surface area contributed by atoms with E-state index in [9.17, 15) is 0 Å². The highest BCUT2D eigenvalue weighted by Crippen LogP contribution is 2.29. The lowest BCUT2D eigenvalue weighted by molar-refractivity contribution is 0.0805. The van der Waals surface area contributed by atoms with Crippen molar-refractivity contribution in [2.24, 2.45) is 0 Å². The maximum Gasteiger partial charge on any atom is 0.126 e. The first-order chi connectivity index (χ1) is 6.77. The predicted molar refractivity (Wildman–Crippen MR) is 56.5 cm³/mol. The van der Waals surface area contributed by atoms with Crippen LogP contribution in [0.1, 0.15) is 24.3 Å². The second-order valence-corrected chi connectivity index (χ2v) is 3.98. The van der Waals surface area contributed by atoms with Gasteiger partial charge in [-0.1, -0.05) is 11.6 Å². The lowest BCUT2D eigenvalue weighted by Crippen LogP contribution is -2.17. The molecule has 2 N–H and O–H groups in total. The van der Waals surface area contributed by atoms with Gasteiger partial charge in [-0.05, 0) is 18.9 Å². The number of anilines is 1. The molecule has 0 saturated carbocycles. The Kier molecular flexibility index (Phi) is 2.89. The van der Waals surface area contributed by atoms with Gasteiger partial charge in [-0.25, -0.2) is 4.98 Å². The van der Waals surface area contributed by atoms with E-state index in [4.69, 9.17) is 22.1 Å². The molecule has 0 bridgehead atoms. The SMILES string of the molecule is Nc1ncc(Cl)cc1C1CCCOC1. The number of ether oxygens (including phenoxy) is 1. The van der Waals surface area contributed by atoms with Crippen molar-refractivity contribution >= 4 is 17.4 Å². The molecule has 1 unspecified atom stereocenters. The monoisotopic (exact) mass is 212 g/mol. The van der Waals surface area contributed by atoms with Gasteiger partial charge in [-0.3, -0.25) is 0 Å². The van der Waals surface area contributed by atoms with Crippen LogP contribution in [0.25, 0.3) is 0 Å². The van der Waals surface area contributed by atoms with E-state index in [0.29, 0.717) is 16.8 Å². The third-order valence-corrected chi connectivity index (χ3v) is 2.72. The van der Waals surface area contributed by atoms with Crippen molar-refractivity contribution in [1.82, 2.24) is 4.98 Å². The van der Waals surface area contributed by atoms with E-state index in [2.05, 4.69) is 4.98 Å². The average Bonchev–Trinajstić information content (AvgIpc) is 2.23. The van der Waals surface area contributed by atoms with Crippen molar-refractivity contribution in [3.63, 3.8) is 0 Å².